The summed E-state index contributed by atoms with van der Waals surface area (Å²) in [4.78, 5) is 14.2. The van der Waals surface area contributed by atoms with E-state index >= 15 is 0 Å². The largest absolute Gasteiger partial charge is 0.444 e. The van der Waals surface area contributed by atoms with Gasteiger partial charge in [0, 0.05) is 18.9 Å². The van der Waals surface area contributed by atoms with Crippen molar-refractivity contribution in [2.75, 3.05) is 19.7 Å². The van der Waals surface area contributed by atoms with Crippen LogP contribution in [0.1, 0.15) is 74.7 Å². The van der Waals surface area contributed by atoms with Crippen LogP contribution in [0.15, 0.2) is 0 Å². The molecular formula is C21H44N2O3Si. The maximum absolute atomic E-state index is 12.6. The maximum Gasteiger partial charge on any atom is 0.410 e. The van der Waals surface area contributed by atoms with Gasteiger partial charge in [-0.15, -0.1) is 0 Å². The summed E-state index contributed by atoms with van der Waals surface area (Å²) in [7, 11) is -1.78. The Labute approximate surface area is 168 Å². The summed E-state index contributed by atoms with van der Waals surface area (Å²) < 4.78 is 11.8. The minimum atomic E-state index is -1.78. The molecule has 0 atom stereocenters. The number of nitrogens with one attached hydrogen (secondary N) is 1. The zero-order valence-electron chi connectivity index (χ0n) is 19.5. The van der Waals surface area contributed by atoms with Crippen LogP contribution in [0.5, 0.6) is 0 Å². The standard InChI is InChI=1S/C21H44N2O3Si/c1-17(2)12-13-18(22)16-23(19(24)26-20(3,4)5)14-11-15-25-27(9,10)21(6,7)8/h17,22H,11-16H2,1-10H3. The molecule has 0 aliphatic rings. The van der Waals surface area contributed by atoms with Gasteiger partial charge in [0.2, 0.25) is 0 Å². The SMILES string of the molecule is CC(C)CCC(=N)CN(CCCO[Si](C)(C)C(C)(C)C)C(=O)OC(C)(C)C. The van der Waals surface area contributed by atoms with E-state index in [1.807, 2.05) is 20.8 Å². The fourth-order valence-electron chi connectivity index (χ4n) is 2.13. The van der Waals surface area contributed by atoms with E-state index in [4.69, 9.17) is 14.6 Å². The molecule has 0 aromatic rings. The van der Waals surface area contributed by atoms with Gasteiger partial charge in [-0.25, -0.2) is 4.79 Å². The number of carbonyl (C=O) groups excluding carboxylic acids is 1. The number of nitrogens with zero attached hydrogens (tertiary/aromatic N) is 1. The van der Waals surface area contributed by atoms with Crippen molar-refractivity contribution in [1.82, 2.24) is 4.90 Å². The highest BCUT2D eigenvalue weighted by Crippen LogP contribution is 2.36. The summed E-state index contributed by atoms with van der Waals surface area (Å²) >= 11 is 0. The van der Waals surface area contributed by atoms with Gasteiger partial charge >= 0.3 is 6.09 Å². The van der Waals surface area contributed by atoms with E-state index < -0.39 is 13.9 Å². The van der Waals surface area contributed by atoms with Crippen molar-refractivity contribution < 1.29 is 14.0 Å². The molecule has 1 N–H and O–H groups in total. The zero-order valence-corrected chi connectivity index (χ0v) is 20.5. The molecule has 0 bridgehead atoms. The molecule has 0 unspecified atom stereocenters. The van der Waals surface area contributed by atoms with E-state index in [0.29, 0.717) is 31.3 Å². The average molecular weight is 401 g/mol. The third kappa shape index (κ3) is 11.5. The minimum Gasteiger partial charge on any atom is -0.444 e. The van der Waals surface area contributed by atoms with Gasteiger partial charge in [0.05, 0.1) is 6.54 Å². The number of carbonyl (C=O) groups is 1. The van der Waals surface area contributed by atoms with Crippen LogP contribution in [0.4, 0.5) is 4.79 Å². The monoisotopic (exact) mass is 400 g/mol. The smallest absolute Gasteiger partial charge is 0.410 e. The fourth-order valence-corrected chi connectivity index (χ4v) is 3.22. The summed E-state index contributed by atoms with van der Waals surface area (Å²) in [5, 5.41) is 8.40. The van der Waals surface area contributed by atoms with Crippen LogP contribution in [-0.4, -0.2) is 50.3 Å². The molecule has 1 amide bonds. The van der Waals surface area contributed by atoms with Crippen LogP contribution in [0.2, 0.25) is 18.1 Å². The Morgan fingerprint density at radius 1 is 1.11 bits per heavy atom. The molecule has 5 nitrogen and oxygen atoms in total. The summed E-state index contributed by atoms with van der Waals surface area (Å²) in [6, 6.07) is 0. The predicted octanol–water partition coefficient (Wildman–Crippen LogP) is 6.09. The van der Waals surface area contributed by atoms with Crippen LogP contribution < -0.4 is 0 Å². The number of ether oxygens (including phenoxy) is 1. The lowest BCUT2D eigenvalue weighted by Crippen LogP contribution is -2.43. The molecular weight excluding hydrogens is 356 g/mol. The average Bonchev–Trinajstić information content (AvgIpc) is 2.45. The predicted molar refractivity (Wildman–Crippen MR) is 117 cm³/mol. The molecule has 0 saturated carbocycles. The molecule has 0 rings (SSSR count). The number of hydrogen-bond donors (Lipinski definition) is 1. The molecule has 0 aliphatic heterocycles. The van der Waals surface area contributed by atoms with E-state index in [9.17, 15) is 4.79 Å². The number of hydrogen-bond acceptors (Lipinski definition) is 4. The first kappa shape index (κ1) is 26.1. The molecule has 6 heteroatoms. The minimum absolute atomic E-state index is 0.177. The first-order chi connectivity index (χ1) is 12.0. The number of amides is 1. The summed E-state index contributed by atoms with van der Waals surface area (Å²) in [5.74, 6) is 0.554. The maximum atomic E-state index is 12.6. The van der Waals surface area contributed by atoms with Crippen LogP contribution in [0.3, 0.4) is 0 Å². The molecule has 0 fully saturated rings. The Balaban J connectivity index is 4.76. The van der Waals surface area contributed by atoms with Gasteiger partial charge < -0.3 is 19.5 Å². The highest BCUT2D eigenvalue weighted by Gasteiger charge is 2.36. The highest BCUT2D eigenvalue weighted by molar-refractivity contribution is 6.74. The van der Waals surface area contributed by atoms with Crippen LogP contribution in [0, 0.1) is 11.3 Å². The van der Waals surface area contributed by atoms with E-state index in [2.05, 4.69) is 47.7 Å². The van der Waals surface area contributed by atoms with Crippen molar-refractivity contribution in [1.29, 1.82) is 5.41 Å². The Bertz CT molecular complexity index is 477. The van der Waals surface area contributed by atoms with E-state index in [0.717, 1.165) is 19.3 Å². The van der Waals surface area contributed by atoms with Gasteiger partial charge in [0.1, 0.15) is 5.60 Å². The molecule has 0 heterocycles. The molecule has 0 aromatic heterocycles. The second-order valence-electron chi connectivity index (χ2n) is 10.4. The topological polar surface area (TPSA) is 62.6 Å². The normalized spacial score (nSPS) is 13.0. The number of rotatable bonds is 10. The van der Waals surface area contributed by atoms with Crippen molar-refractivity contribution in [3.8, 4) is 0 Å². The van der Waals surface area contributed by atoms with E-state index in [1.54, 1.807) is 4.90 Å². The lowest BCUT2D eigenvalue weighted by Gasteiger charge is -2.36. The molecule has 0 radical (unpaired) electrons. The lowest BCUT2D eigenvalue weighted by atomic mass is 10.1. The van der Waals surface area contributed by atoms with Crippen LogP contribution in [0.25, 0.3) is 0 Å². The fraction of sp³-hybridized carbons (Fsp3) is 0.905. The second-order valence-corrected chi connectivity index (χ2v) is 15.2. The first-order valence-electron chi connectivity index (χ1n) is 10.2. The Morgan fingerprint density at radius 3 is 2.11 bits per heavy atom. The van der Waals surface area contributed by atoms with Gasteiger partial charge in [0.25, 0.3) is 0 Å². The van der Waals surface area contributed by atoms with Crippen molar-refractivity contribution in [2.24, 2.45) is 5.92 Å². The summed E-state index contributed by atoms with van der Waals surface area (Å²) in [6.07, 6.45) is 2.10. The van der Waals surface area contributed by atoms with Gasteiger partial charge in [0.15, 0.2) is 8.32 Å². The highest BCUT2D eigenvalue weighted by atomic mass is 28.4. The second kappa shape index (κ2) is 10.6. The zero-order chi connectivity index (χ0) is 21.5. The van der Waals surface area contributed by atoms with Crippen LogP contribution in [-0.2, 0) is 9.16 Å². The van der Waals surface area contributed by atoms with Crippen molar-refractivity contribution in [3.63, 3.8) is 0 Å². The lowest BCUT2D eigenvalue weighted by molar-refractivity contribution is 0.0270. The van der Waals surface area contributed by atoms with Gasteiger partial charge in [-0.1, -0.05) is 34.6 Å². The molecule has 0 saturated heterocycles. The van der Waals surface area contributed by atoms with Crippen molar-refractivity contribution in [3.05, 3.63) is 0 Å². The summed E-state index contributed by atoms with van der Waals surface area (Å²) in [6.45, 7) is 22.6. The molecule has 0 aromatic carbocycles. The molecule has 0 spiro atoms. The third-order valence-corrected chi connectivity index (χ3v) is 9.44. The van der Waals surface area contributed by atoms with Gasteiger partial charge in [-0.2, -0.15) is 0 Å². The Kier molecular flexibility index (Phi) is 10.3. The quantitative estimate of drug-likeness (QED) is 0.274. The van der Waals surface area contributed by atoms with Crippen molar-refractivity contribution in [2.45, 2.75) is 98.4 Å². The molecule has 0 aliphatic carbocycles. The van der Waals surface area contributed by atoms with Gasteiger partial charge in [-0.3, -0.25) is 0 Å². The van der Waals surface area contributed by atoms with Gasteiger partial charge in [-0.05, 0) is 64.1 Å². The van der Waals surface area contributed by atoms with E-state index in [1.165, 1.54) is 0 Å². The Morgan fingerprint density at radius 2 is 1.67 bits per heavy atom. The first-order valence-corrected chi connectivity index (χ1v) is 13.1. The molecule has 27 heavy (non-hydrogen) atoms. The summed E-state index contributed by atoms with van der Waals surface area (Å²) in [5.41, 5.74) is 0.0486. The Hall–Kier alpha value is -0.883. The van der Waals surface area contributed by atoms with Crippen molar-refractivity contribution >= 4 is 20.1 Å². The van der Waals surface area contributed by atoms with Crippen LogP contribution >= 0.6 is 0 Å². The van der Waals surface area contributed by atoms with E-state index in [-0.39, 0.29) is 11.1 Å². The molecule has 160 valence electrons. The third-order valence-electron chi connectivity index (χ3n) is 4.90.